The van der Waals surface area contributed by atoms with Crippen molar-refractivity contribution in [2.45, 2.75) is 0 Å². The number of benzene rings is 1. The van der Waals surface area contributed by atoms with Gasteiger partial charge in [0.2, 0.25) is 5.95 Å². The van der Waals surface area contributed by atoms with E-state index in [1.54, 1.807) is 67.3 Å². The van der Waals surface area contributed by atoms with E-state index in [0.29, 0.717) is 28.8 Å². The summed E-state index contributed by atoms with van der Waals surface area (Å²) in [6.07, 6.45) is 6.56. The second-order valence-corrected chi connectivity index (χ2v) is 5.38. The summed E-state index contributed by atoms with van der Waals surface area (Å²) in [6, 6.07) is 13.5. The molecule has 0 aliphatic heterocycles. The number of rotatable bonds is 4. The zero-order valence-electron chi connectivity index (χ0n) is 13.5. The summed E-state index contributed by atoms with van der Waals surface area (Å²) in [5.74, 6) is 0.961. The summed E-state index contributed by atoms with van der Waals surface area (Å²) in [5.41, 5.74) is 1.63. The number of nitrogens with zero attached hydrogens (tertiary/aromatic N) is 5. The summed E-state index contributed by atoms with van der Waals surface area (Å²) < 4.78 is 14.3. The van der Waals surface area contributed by atoms with E-state index in [4.69, 9.17) is 0 Å². The molecule has 26 heavy (non-hydrogen) atoms. The van der Waals surface area contributed by atoms with Crippen molar-refractivity contribution < 1.29 is 4.39 Å². The van der Waals surface area contributed by atoms with E-state index >= 15 is 0 Å². The smallest absolute Gasteiger partial charge is 0.228 e. The van der Waals surface area contributed by atoms with Gasteiger partial charge in [-0.15, -0.1) is 0 Å². The molecule has 0 radical (unpaired) electrons. The molecule has 0 atom stereocenters. The molecule has 0 bridgehead atoms. The van der Waals surface area contributed by atoms with Crippen molar-refractivity contribution >= 4 is 11.8 Å². The first-order valence-electron chi connectivity index (χ1n) is 7.88. The molecule has 4 rings (SSSR count). The molecule has 3 aromatic heterocycles. The highest BCUT2D eigenvalue weighted by atomic mass is 19.1. The lowest BCUT2D eigenvalue weighted by Gasteiger charge is -2.10. The zero-order valence-corrected chi connectivity index (χ0v) is 13.5. The Bertz CT molecular complexity index is 1020. The van der Waals surface area contributed by atoms with E-state index < -0.39 is 0 Å². The molecule has 0 aliphatic rings. The third-order valence-corrected chi connectivity index (χ3v) is 3.62. The van der Waals surface area contributed by atoms with Gasteiger partial charge in [0.1, 0.15) is 11.6 Å². The minimum Gasteiger partial charge on any atom is -0.309 e. The van der Waals surface area contributed by atoms with E-state index in [-0.39, 0.29) is 5.82 Å². The highest BCUT2D eigenvalue weighted by Gasteiger charge is 2.12. The molecule has 0 saturated carbocycles. The van der Waals surface area contributed by atoms with Crippen molar-refractivity contribution in [2.75, 3.05) is 5.32 Å². The third kappa shape index (κ3) is 3.36. The molecule has 0 amide bonds. The van der Waals surface area contributed by atoms with E-state index in [9.17, 15) is 4.39 Å². The van der Waals surface area contributed by atoms with Gasteiger partial charge in [-0.1, -0.05) is 12.1 Å². The summed E-state index contributed by atoms with van der Waals surface area (Å²) in [4.78, 5) is 21.3. The highest BCUT2D eigenvalue weighted by Crippen LogP contribution is 2.26. The average molecular weight is 344 g/mol. The Morgan fingerprint density at radius 1 is 0.808 bits per heavy atom. The first-order valence-corrected chi connectivity index (χ1v) is 7.88. The summed E-state index contributed by atoms with van der Waals surface area (Å²) in [5, 5.41) is 3.03. The quantitative estimate of drug-likeness (QED) is 0.605. The van der Waals surface area contributed by atoms with Crippen LogP contribution in [0, 0.1) is 5.82 Å². The molecule has 1 N–H and O–H groups in total. The monoisotopic (exact) mass is 344 g/mol. The maximum absolute atomic E-state index is 14.3. The van der Waals surface area contributed by atoms with Crippen LogP contribution in [-0.4, -0.2) is 24.9 Å². The largest absolute Gasteiger partial charge is 0.309 e. The number of hydrogen-bond donors (Lipinski definition) is 1. The first-order chi connectivity index (χ1) is 12.8. The SMILES string of the molecule is Fc1ccccc1-c1cc(Nc2ncccn2)nc(-c2ccncc2)n1. The van der Waals surface area contributed by atoms with E-state index in [1.165, 1.54) is 6.07 Å². The Balaban J connectivity index is 1.83. The third-order valence-electron chi connectivity index (χ3n) is 3.62. The summed E-state index contributed by atoms with van der Waals surface area (Å²) in [6.45, 7) is 0. The lowest BCUT2D eigenvalue weighted by Crippen LogP contribution is -2.02. The summed E-state index contributed by atoms with van der Waals surface area (Å²) >= 11 is 0. The minimum absolute atomic E-state index is 0.353. The molecule has 0 spiro atoms. The molecule has 0 saturated heterocycles. The van der Waals surface area contributed by atoms with Gasteiger partial charge in [0.05, 0.1) is 5.69 Å². The van der Waals surface area contributed by atoms with Crippen LogP contribution in [0.4, 0.5) is 16.2 Å². The maximum atomic E-state index is 14.3. The van der Waals surface area contributed by atoms with Crippen molar-refractivity contribution in [3.8, 4) is 22.6 Å². The molecule has 0 aliphatic carbocycles. The molecule has 0 unspecified atom stereocenters. The molecular weight excluding hydrogens is 331 g/mol. The molecule has 3 heterocycles. The topological polar surface area (TPSA) is 76.5 Å². The van der Waals surface area contributed by atoms with Crippen LogP contribution in [0.3, 0.4) is 0 Å². The van der Waals surface area contributed by atoms with Gasteiger partial charge in [0, 0.05) is 42.0 Å². The average Bonchev–Trinajstić information content (AvgIpc) is 2.69. The molecule has 0 fully saturated rings. The van der Waals surface area contributed by atoms with Crippen molar-refractivity contribution in [2.24, 2.45) is 0 Å². The number of aromatic nitrogens is 5. The second kappa shape index (κ2) is 7.02. The molecule has 1 aromatic carbocycles. The van der Waals surface area contributed by atoms with Crippen LogP contribution < -0.4 is 5.32 Å². The Morgan fingerprint density at radius 2 is 1.58 bits per heavy atom. The number of nitrogens with one attached hydrogen (secondary N) is 1. The standard InChI is InChI=1S/C19H13FN6/c20-15-5-2-1-4-14(15)16-12-17(26-19-22-8-3-9-23-19)25-18(24-16)13-6-10-21-11-7-13/h1-12H,(H,22,23,24,25,26). The summed E-state index contributed by atoms with van der Waals surface area (Å²) in [7, 11) is 0. The van der Waals surface area contributed by atoms with Gasteiger partial charge in [-0.2, -0.15) is 0 Å². The van der Waals surface area contributed by atoms with Gasteiger partial charge in [-0.25, -0.2) is 24.3 Å². The minimum atomic E-state index is -0.353. The van der Waals surface area contributed by atoms with Crippen LogP contribution in [0.15, 0.2) is 73.3 Å². The molecule has 7 heteroatoms. The van der Waals surface area contributed by atoms with Gasteiger partial charge in [0.15, 0.2) is 5.82 Å². The van der Waals surface area contributed by atoms with Gasteiger partial charge in [0.25, 0.3) is 0 Å². The van der Waals surface area contributed by atoms with E-state index in [1.807, 2.05) is 0 Å². The van der Waals surface area contributed by atoms with Gasteiger partial charge in [-0.05, 0) is 30.3 Å². The number of anilines is 2. The van der Waals surface area contributed by atoms with Crippen LogP contribution in [-0.2, 0) is 0 Å². The predicted molar refractivity (Wildman–Crippen MR) is 96.0 cm³/mol. The fourth-order valence-electron chi connectivity index (χ4n) is 2.43. The molecule has 126 valence electrons. The van der Waals surface area contributed by atoms with Crippen LogP contribution in [0.25, 0.3) is 22.6 Å². The Kier molecular flexibility index (Phi) is 4.26. The van der Waals surface area contributed by atoms with Crippen LogP contribution in [0.1, 0.15) is 0 Å². The molecule has 4 aromatic rings. The highest BCUT2D eigenvalue weighted by molar-refractivity contribution is 5.69. The molecular formula is C19H13FN6. The van der Waals surface area contributed by atoms with Crippen molar-refractivity contribution in [3.63, 3.8) is 0 Å². The van der Waals surface area contributed by atoms with Crippen molar-refractivity contribution in [1.29, 1.82) is 0 Å². The Morgan fingerprint density at radius 3 is 2.35 bits per heavy atom. The normalized spacial score (nSPS) is 10.5. The van der Waals surface area contributed by atoms with Gasteiger partial charge >= 0.3 is 0 Å². The molecule has 6 nitrogen and oxygen atoms in total. The van der Waals surface area contributed by atoms with Crippen LogP contribution in [0.2, 0.25) is 0 Å². The lowest BCUT2D eigenvalue weighted by molar-refractivity contribution is 0.630. The van der Waals surface area contributed by atoms with Crippen LogP contribution >= 0.6 is 0 Å². The predicted octanol–water partition coefficient (Wildman–Crippen LogP) is 3.88. The Labute approximate surface area is 148 Å². The van der Waals surface area contributed by atoms with Gasteiger partial charge < -0.3 is 5.32 Å². The fourth-order valence-corrected chi connectivity index (χ4v) is 2.43. The lowest BCUT2D eigenvalue weighted by atomic mass is 10.1. The van der Waals surface area contributed by atoms with E-state index in [2.05, 4.69) is 30.2 Å². The van der Waals surface area contributed by atoms with E-state index in [0.717, 1.165) is 5.56 Å². The van der Waals surface area contributed by atoms with Crippen LogP contribution in [0.5, 0.6) is 0 Å². The second-order valence-electron chi connectivity index (χ2n) is 5.38. The number of hydrogen-bond acceptors (Lipinski definition) is 6. The zero-order chi connectivity index (χ0) is 17.8. The van der Waals surface area contributed by atoms with Gasteiger partial charge in [-0.3, -0.25) is 4.98 Å². The fraction of sp³-hybridized carbons (Fsp3) is 0. The number of halogens is 1. The first kappa shape index (κ1) is 15.8. The van der Waals surface area contributed by atoms with Crippen molar-refractivity contribution in [1.82, 2.24) is 24.9 Å². The number of pyridine rings is 1. The van der Waals surface area contributed by atoms with Crippen molar-refractivity contribution in [3.05, 3.63) is 79.1 Å². The Hall–Kier alpha value is -3.74. The maximum Gasteiger partial charge on any atom is 0.228 e.